The number of piperazine rings is 1. The molecule has 1 aliphatic rings. The van der Waals surface area contributed by atoms with Gasteiger partial charge in [-0.15, -0.1) is 12.4 Å². The van der Waals surface area contributed by atoms with Crippen LogP contribution in [0.4, 0.5) is 5.69 Å². The summed E-state index contributed by atoms with van der Waals surface area (Å²) in [5.74, 6) is -0.529. The van der Waals surface area contributed by atoms with Gasteiger partial charge in [-0.1, -0.05) is 30.3 Å². The quantitative estimate of drug-likeness (QED) is 0.108. The topological polar surface area (TPSA) is 171 Å². The molecule has 0 radical (unpaired) electrons. The highest BCUT2D eigenvalue weighted by atomic mass is 35.5. The number of nitrogens with zero attached hydrogens (tertiary/aromatic N) is 3. The third-order valence-electron chi connectivity index (χ3n) is 5.65. The van der Waals surface area contributed by atoms with E-state index >= 15 is 0 Å². The number of halogens is 1. The van der Waals surface area contributed by atoms with Gasteiger partial charge < -0.3 is 22.1 Å². The smallest absolute Gasteiger partial charge is 0.284 e. The number of nitrogens with two attached hydrogens (primary N) is 2. The van der Waals surface area contributed by atoms with E-state index in [1.807, 2.05) is 34.4 Å². The molecule has 1 fully saturated rings. The van der Waals surface area contributed by atoms with E-state index in [0.717, 1.165) is 16.5 Å². The maximum absolute atomic E-state index is 12.8. The van der Waals surface area contributed by atoms with Crippen molar-refractivity contribution in [1.82, 2.24) is 14.6 Å². The van der Waals surface area contributed by atoms with E-state index in [1.54, 1.807) is 18.2 Å². The second-order valence-electron chi connectivity index (χ2n) is 8.09. The van der Waals surface area contributed by atoms with Gasteiger partial charge in [-0.3, -0.25) is 28.7 Å². The second kappa shape index (κ2) is 11.8. The van der Waals surface area contributed by atoms with Gasteiger partial charge in [0.25, 0.3) is 5.69 Å². The van der Waals surface area contributed by atoms with Crippen molar-refractivity contribution in [3.05, 3.63) is 70.4 Å². The summed E-state index contributed by atoms with van der Waals surface area (Å²) in [7, 11) is 0. The van der Waals surface area contributed by atoms with E-state index in [9.17, 15) is 19.7 Å². The van der Waals surface area contributed by atoms with E-state index in [2.05, 4.69) is 15.6 Å². The molecule has 0 spiro atoms. The Balaban J connectivity index is 0.00000361. The molecular weight excluding hydrogens is 506 g/mol. The summed E-state index contributed by atoms with van der Waals surface area (Å²) < 4.78 is 1.85. The Morgan fingerprint density at radius 3 is 2.47 bits per heavy atom. The predicted molar refractivity (Wildman–Crippen MR) is 141 cm³/mol. The molecule has 4 rings (SSSR count). The minimum absolute atomic E-state index is 0. The molecule has 2 atom stereocenters. The van der Waals surface area contributed by atoms with Gasteiger partial charge in [0.1, 0.15) is 17.0 Å². The fourth-order valence-corrected chi connectivity index (χ4v) is 5.02. The zero-order chi connectivity index (χ0) is 24.9. The first-order chi connectivity index (χ1) is 16.8. The first kappa shape index (κ1) is 26.8. The summed E-state index contributed by atoms with van der Waals surface area (Å²) in [6.45, 7) is 0.377. The van der Waals surface area contributed by atoms with Gasteiger partial charge in [0.2, 0.25) is 11.8 Å². The van der Waals surface area contributed by atoms with Crippen LogP contribution in [0.1, 0.15) is 18.4 Å². The summed E-state index contributed by atoms with van der Waals surface area (Å²) >= 11 is 1.23. The number of benzene rings is 2. The SMILES string of the molecule is Cl.NC(N)=NCCC[C@@H]1NC(=O)[C@H](Cc2cn(Sc3ccccc3[N+](=O)[O-])c3ccccc23)NC1=O. The predicted octanol–water partition coefficient (Wildman–Crippen LogP) is 2.11. The van der Waals surface area contributed by atoms with Crippen LogP contribution in [-0.4, -0.2) is 45.3 Å². The van der Waals surface area contributed by atoms with Crippen LogP contribution in [0, 0.1) is 10.1 Å². The first-order valence-corrected chi connectivity index (χ1v) is 11.8. The lowest BCUT2D eigenvalue weighted by atomic mass is 10.00. The van der Waals surface area contributed by atoms with Gasteiger partial charge >= 0.3 is 0 Å². The number of aliphatic imine (C=N–C) groups is 1. The minimum atomic E-state index is -0.730. The van der Waals surface area contributed by atoms with Crippen molar-refractivity contribution in [3.63, 3.8) is 0 Å². The number of para-hydroxylation sites is 2. The molecule has 2 amide bonds. The Morgan fingerprint density at radius 1 is 1.06 bits per heavy atom. The van der Waals surface area contributed by atoms with Crippen LogP contribution < -0.4 is 22.1 Å². The Bertz CT molecular complexity index is 1310. The molecule has 0 bridgehead atoms. The van der Waals surface area contributed by atoms with Gasteiger partial charge in [-0.05, 0) is 42.5 Å². The highest BCUT2D eigenvalue weighted by Gasteiger charge is 2.33. The highest BCUT2D eigenvalue weighted by Crippen LogP contribution is 2.34. The lowest BCUT2D eigenvalue weighted by Crippen LogP contribution is -2.62. The van der Waals surface area contributed by atoms with Crippen molar-refractivity contribution < 1.29 is 14.5 Å². The number of amides is 2. The summed E-state index contributed by atoms with van der Waals surface area (Å²) in [4.78, 5) is 40.8. The lowest BCUT2D eigenvalue weighted by Gasteiger charge is -2.29. The molecule has 0 unspecified atom stereocenters. The normalized spacial score (nSPS) is 17.1. The average molecular weight is 532 g/mol. The van der Waals surface area contributed by atoms with Gasteiger partial charge in [0.05, 0.1) is 10.4 Å². The molecular formula is C23H26ClN7O4S. The fourth-order valence-electron chi connectivity index (χ4n) is 3.99. The van der Waals surface area contributed by atoms with E-state index in [4.69, 9.17) is 11.5 Å². The van der Waals surface area contributed by atoms with E-state index in [0.29, 0.717) is 24.3 Å². The van der Waals surface area contributed by atoms with Crippen LogP contribution in [-0.2, 0) is 16.0 Å². The third-order valence-corrected chi connectivity index (χ3v) is 6.70. The molecule has 1 aliphatic heterocycles. The summed E-state index contributed by atoms with van der Waals surface area (Å²) in [6.07, 6.45) is 3.11. The number of nitro benzene ring substituents is 1. The van der Waals surface area contributed by atoms with Gasteiger partial charge in [-0.2, -0.15) is 0 Å². The Kier molecular flexibility index (Phi) is 8.78. The molecule has 1 aromatic heterocycles. The molecule has 1 saturated heterocycles. The number of hydrogen-bond acceptors (Lipinski definition) is 6. The number of fused-ring (bicyclic) bond motifs is 1. The summed E-state index contributed by atoms with van der Waals surface area (Å²) in [5, 5.41) is 17.9. The van der Waals surface area contributed by atoms with Crippen LogP contribution in [0.2, 0.25) is 0 Å². The molecule has 11 nitrogen and oxygen atoms in total. The Hall–Kier alpha value is -3.77. The van der Waals surface area contributed by atoms with Crippen molar-refractivity contribution in [2.24, 2.45) is 16.5 Å². The standard InChI is InChI=1S/C23H25N7O4S.ClH/c24-23(25)26-11-5-7-16-21(31)28-17(22(32)27-16)12-14-13-29(18-8-2-1-6-15(14)18)35-20-10-4-3-9-19(20)30(33)34;/h1-4,6,8-10,13,16-17H,5,7,11-12H2,(H,27,32)(H,28,31)(H4,24,25,26);1H/t16-,17-;/m0./s1. The summed E-state index contributed by atoms with van der Waals surface area (Å²) in [6, 6.07) is 12.8. The maximum atomic E-state index is 12.8. The zero-order valence-corrected chi connectivity index (χ0v) is 20.8. The number of rotatable bonds is 9. The molecule has 0 aliphatic carbocycles. The molecule has 0 saturated carbocycles. The molecule has 3 aromatic rings. The molecule has 13 heteroatoms. The zero-order valence-electron chi connectivity index (χ0n) is 19.1. The average Bonchev–Trinajstić information content (AvgIpc) is 3.17. The van der Waals surface area contributed by atoms with E-state index in [-0.39, 0.29) is 42.3 Å². The Morgan fingerprint density at radius 2 is 1.72 bits per heavy atom. The second-order valence-corrected chi connectivity index (χ2v) is 9.10. The number of carbonyl (C=O) groups is 2. The number of hydrogen-bond donors (Lipinski definition) is 4. The lowest BCUT2D eigenvalue weighted by molar-refractivity contribution is -0.387. The molecule has 36 heavy (non-hydrogen) atoms. The minimum Gasteiger partial charge on any atom is -0.370 e. The number of carbonyl (C=O) groups excluding carboxylic acids is 2. The van der Waals surface area contributed by atoms with Crippen LogP contribution in [0.5, 0.6) is 0 Å². The molecule has 2 aromatic carbocycles. The van der Waals surface area contributed by atoms with Crippen molar-refractivity contribution in [2.45, 2.75) is 36.2 Å². The number of guanidine groups is 1. The highest BCUT2D eigenvalue weighted by molar-refractivity contribution is 7.98. The van der Waals surface area contributed by atoms with E-state index in [1.165, 1.54) is 18.0 Å². The van der Waals surface area contributed by atoms with Gasteiger partial charge in [0.15, 0.2) is 5.96 Å². The Labute approximate surface area is 217 Å². The van der Waals surface area contributed by atoms with Crippen molar-refractivity contribution in [3.8, 4) is 0 Å². The fraction of sp³-hybridized carbons (Fsp3) is 0.261. The maximum Gasteiger partial charge on any atom is 0.284 e. The number of nitro groups is 1. The van der Waals surface area contributed by atoms with Crippen molar-refractivity contribution in [1.29, 1.82) is 0 Å². The van der Waals surface area contributed by atoms with Crippen LogP contribution in [0.3, 0.4) is 0 Å². The largest absolute Gasteiger partial charge is 0.370 e. The van der Waals surface area contributed by atoms with Crippen LogP contribution in [0.25, 0.3) is 10.9 Å². The number of aromatic nitrogens is 1. The van der Waals surface area contributed by atoms with Crippen molar-refractivity contribution in [2.75, 3.05) is 6.54 Å². The third kappa shape index (κ3) is 6.07. The van der Waals surface area contributed by atoms with E-state index < -0.39 is 17.0 Å². The van der Waals surface area contributed by atoms with Crippen LogP contribution >= 0.6 is 24.4 Å². The van der Waals surface area contributed by atoms with Crippen LogP contribution in [0.15, 0.2) is 64.6 Å². The molecule has 2 heterocycles. The van der Waals surface area contributed by atoms with Gasteiger partial charge in [-0.25, -0.2) is 0 Å². The monoisotopic (exact) mass is 531 g/mol. The number of nitrogens with one attached hydrogen (secondary N) is 2. The van der Waals surface area contributed by atoms with Gasteiger partial charge in [0, 0.05) is 30.6 Å². The molecule has 190 valence electrons. The van der Waals surface area contributed by atoms with Crippen molar-refractivity contribution >= 4 is 58.7 Å². The first-order valence-electron chi connectivity index (χ1n) is 11.0. The summed E-state index contributed by atoms with van der Waals surface area (Å²) in [5.41, 5.74) is 12.3. The molecule has 6 N–H and O–H groups in total.